The summed E-state index contributed by atoms with van der Waals surface area (Å²) in [6.07, 6.45) is 0. The van der Waals surface area contributed by atoms with E-state index in [1.807, 2.05) is 25.1 Å². The summed E-state index contributed by atoms with van der Waals surface area (Å²) in [6.45, 7) is 2.45. The molecule has 98 valence electrons. The minimum Gasteiger partial charge on any atom is -0.397 e. The van der Waals surface area contributed by atoms with Gasteiger partial charge in [-0.2, -0.15) is 0 Å². The summed E-state index contributed by atoms with van der Waals surface area (Å²) >= 11 is 5.92. The molecule has 0 unspecified atom stereocenters. The molecule has 0 heterocycles. The molecule has 0 fully saturated rings. The summed E-state index contributed by atoms with van der Waals surface area (Å²) in [4.78, 5) is 14.1. The molecule has 3 nitrogen and oxygen atoms in total. The van der Waals surface area contributed by atoms with Crippen LogP contribution in [-0.4, -0.2) is 12.5 Å². The van der Waals surface area contributed by atoms with Gasteiger partial charge in [-0.25, -0.2) is 0 Å². The van der Waals surface area contributed by atoms with Crippen molar-refractivity contribution in [1.29, 1.82) is 0 Å². The molecular formula is C15H15ClN2O. The number of nitrogen functional groups attached to an aromatic ring is 1. The number of hydrogen-bond donors (Lipinski definition) is 1. The maximum atomic E-state index is 12.5. The number of nitrogens with zero attached hydrogens (tertiary/aromatic N) is 1. The number of rotatable bonds is 3. The van der Waals surface area contributed by atoms with Gasteiger partial charge in [-0.15, -0.1) is 0 Å². The first kappa shape index (κ1) is 13.4. The van der Waals surface area contributed by atoms with Crippen molar-refractivity contribution in [3.8, 4) is 0 Å². The van der Waals surface area contributed by atoms with Gasteiger partial charge >= 0.3 is 0 Å². The van der Waals surface area contributed by atoms with Crippen LogP contribution in [0.3, 0.4) is 0 Å². The van der Waals surface area contributed by atoms with Crippen LogP contribution in [0.1, 0.15) is 17.3 Å². The number of anilines is 2. The van der Waals surface area contributed by atoms with Gasteiger partial charge in [0.2, 0.25) is 0 Å². The fourth-order valence-corrected chi connectivity index (χ4v) is 2.12. The van der Waals surface area contributed by atoms with Gasteiger partial charge in [-0.1, -0.05) is 29.8 Å². The van der Waals surface area contributed by atoms with Crippen molar-refractivity contribution < 1.29 is 4.79 Å². The summed E-state index contributed by atoms with van der Waals surface area (Å²) in [5.74, 6) is -0.108. The normalized spacial score (nSPS) is 10.2. The number of halogens is 1. The SMILES string of the molecule is CCN(C(=O)c1cccc(Cl)c1)c1ccccc1N. The Morgan fingerprint density at radius 2 is 1.95 bits per heavy atom. The van der Waals surface area contributed by atoms with Crippen LogP contribution in [0.25, 0.3) is 0 Å². The van der Waals surface area contributed by atoms with Gasteiger partial charge in [0, 0.05) is 17.1 Å². The van der Waals surface area contributed by atoms with E-state index in [0.29, 0.717) is 22.8 Å². The van der Waals surface area contributed by atoms with E-state index in [0.717, 1.165) is 5.69 Å². The van der Waals surface area contributed by atoms with Crippen LogP contribution in [0, 0.1) is 0 Å². The average Bonchev–Trinajstić information content (AvgIpc) is 2.41. The van der Waals surface area contributed by atoms with Crippen molar-refractivity contribution in [3.05, 3.63) is 59.1 Å². The Hall–Kier alpha value is -2.00. The van der Waals surface area contributed by atoms with E-state index in [-0.39, 0.29) is 5.91 Å². The zero-order valence-electron chi connectivity index (χ0n) is 10.6. The Morgan fingerprint density at radius 1 is 1.21 bits per heavy atom. The highest BCUT2D eigenvalue weighted by Gasteiger charge is 2.17. The highest BCUT2D eigenvalue weighted by atomic mass is 35.5. The highest BCUT2D eigenvalue weighted by molar-refractivity contribution is 6.31. The maximum Gasteiger partial charge on any atom is 0.258 e. The van der Waals surface area contributed by atoms with E-state index in [9.17, 15) is 4.79 Å². The molecule has 4 heteroatoms. The molecule has 0 saturated heterocycles. The van der Waals surface area contributed by atoms with Gasteiger partial charge in [-0.05, 0) is 37.3 Å². The Balaban J connectivity index is 2.38. The lowest BCUT2D eigenvalue weighted by Gasteiger charge is -2.22. The van der Waals surface area contributed by atoms with Crippen LogP contribution in [0.4, 0.5) is 11.4 Å². The van der Waals surface area contributed by atoms with Crippen molar-refractivity contribution >= 4 is 28.9 Å². The topological polar surface area (TPSA) is 46.3 Å². The van der Waals surface area contributed by atoms with Crippen LogP contribution in [0.2, 0.25) is 5.02 Å². The Bertz CT molecular complexity index is 598. The van der Waals surface area contributed by atoms with Gasteiger partial charge in [0.1, 0.15) is 0 Å². The van der Waals surface area contributed by atoms with Gasteiger partial charge < -0.3 is 10.6 Å². The smallest absolute Gasteiger partial charge is 0.258 e. The number of para-hydroxylation sites is 2. The molecule has 0 aliphatic heterocycles. The zero-order valence-corrected chi connectivity index (χ0v) is 11.4. The zero-order chi connectivity index (χ0) is 13.8. The molecule has 1 amide bonds. The van der Waals surface area contributed by atoms with Crippen molar-refractivity contribution in [2.45, 2.75) is 6.92 Å². The largest absolute Gasteiger partial charge is 0.397 e. The third kappa shape index (κ3) is 2.88. The van der Waals surface area contributed by atoms with Crippen LogP contribution in [0.5, 0.6) is 0 Å². The average molecular weight is 275 g/mol. The van der Waals surface area contributed by atoms with E-state index < -0.39 is 0 Å². The first-order chi connectivity index (χ1) is 9.13. The van der Waals surface area contributed by atoms with E-state index in [2.05, 4.69) is 0 Å². The molecule has 2 rings (SSSR count). The molecule has 2 aromatic rings. The lowest BCUT2D eigenvalue weighted by atomic mass is 10.1. The predicted octanol–water partition coefficient (Wildman–Crippen LogP) is 3.59. The molecule has 0 aliphatic rings. The first-order valence-corrected chi connectivity index (χ1v) is 6.43. The number of benzene rings is 2. The number of carbonyl (C=O) groups excluding carboxylic acids is 1. The van der Waals surface area contributed by atoms with Crippen LogP contribution in [0.15, 0.2) is 48.5 Å². The van der Waals surface area contributed by atoms with Gasteiger partial charge in [0.15, 0.2) is 0 Å². The van der Waals surface area contributed by atoms with Gasteiger partial charge in [0.25, 0.3) is 5.91 Å². The molecule has 19 heavy (non-hydrogen) atoms. The molecule has 0 saturated carbocycles. The molecule has 0 bridgehead atoms. The van der Waals surface area contributed by atoms with Crippen molar-refractivity contribution in [3.63, 3.8) is 0 Å². The third-order valence-corrected chi connectivity index (χ3v) is 3.10. The first-order valence-electron chi connectivity index (χ1n) is 6.05. The lowest BCUT2D eigenvalue weighted by molar-refractivity contribution is 0.0988. The van der Waals surface area contributed by atoms with E-state index >= 15 is 0 Å². The number of nitrogens with two attached hydrogens (primary N) is 1. The second kappa shape index (κ2) is 5.76. The number of amides is 1. The van der Waals surface area contributed by atoms with E-state index in [1.54, 1.807) is 35.2 Å². The molecule has 0 aliphatic carbocycles. The second-order valence-electron chi connectivity index (χ2n) is 4.12. The molecule has 0 aromatic heterocycles. The maximum absolute atomic E-state index is 12.5. The lowest BCUT2D eigenvalue weighted by Crippen LogP contribution is -2.31. The van der Waals surface area contributed by atoms with E-state index in [4.69, 9.17) is 17.3 Å². The van der Waals surface area contributed by atoms with E-state index in [1.165, 1.54) is 0 Å². The van der Waals surface area contributed by atoms with Crippen molar-refractivity contribution in [2.75, 3.05) is 17.2 Å². The van der Waals surface area contributed by atoms with Gasteiger partial charge in [-0.3, -0.25) is 4.79 Å². The molecule has 0 atom stereocenters. The minimum absolute atomic E-state index is 0.108. The van der Waals surface area contributed by atoms with Crippen LogP contribution >= 0.6 is 11.6 Å². The number of carbonyl (C=O) groups is 1. The molecule has 0 radical (unpaired) electrons. The quantitative estimate of drug-likeness (QED) is 0.870. The summed E-state index contributed by atoms with van der Waals surface area (Å²) < 4.78 is 0. The summed E-state index contributed by atoms with van der Waals surface area (Å²) in [5.41, 5.74) is 7.78. The Morgan fingerprint density at radius 3 is 2.58 bits per heavy atom. The summed E-state index contributed by atoms with van der Waals surface area (Å²) in [5, 5.41) is 0.544. The third-order valence-electron chi connectivity index (χ3n) is 2.86. The van der Waals surface area contributed by atoms with Crippen molar-refractivity contribution in [1.82, 2.24) is 0 Å². The standard InChI is InChI=1S/C15H15ClN2O/c1-2-18(14-9-4-3-8-13(14)17)15(19)11-6-5-7-12(16)10-11/h3-10H,2,17H2,1H3. The van der Waals surface area contributed by atoms with Gasteiger partial charge in [0.05, 0.1) is 11.4 Å². The molecule has 2 N–H and O–H groups in total. The van der Waals surface area contributed by atoms with Crippen LogP contribution in [-0.2, 0) is 0 Å². The molecular weight excluding hydrogens is 260 g/mol. The summed E-state index contributed by atoms with van der Waals surface area (Å²) in [6, 6.07) is 14.2. The predicted molar refractivity (Wildman–Crippen MR) is 79.7 cm³/mol. The summed E-state index contributed by atoms with van der Waals surface area (Å²) in [7, 11) is 0. The monoisotopic (exact) mass is 274 g/mol. The fourth-order valence-electron chi connectivity index (χ4n) is 1.93. The molecule has 0 spiro atoms. The molecule has 2 aromatic carbocycles. The highest BCUT2D eigenvalue weighted by Crippen LogP contribution is 2.24. The fraction of sp³-hybridized carbons (Fsp3) is 0.133. The number of hydrogen-bond acceptors (Lipinski definition) is 2. The Kier molecular flexibility index (Phi) is 4.07. The second-order valence-corrected chi connectivity index (χ2v) is 4.56. The minimum atomic E-state index is -0.108. The van der Waals surface area contributed by atoms with Crippen LogP contribution < -0.4 is 10.6 Å². The van der Waals surface area contributed by atoms with Crippen molar-refractivity contribution in [2.24, 2.45) is 0 Å². The Labute approximate surface area is 117 Å².